The lowest BCUT2D eigenvalue weighted by atomic mass is 10.0. The van der Waals surface area contributed by atoms with E-state index in [2.05, 4.69) is 65.1 Å². The van der Waals surface area contributed by atoms with E-state index in [0.717, 1.165) is 30.6 Å². The molecule has 0 unspecified atom stereocenters. The molecule has 2 aromatic heterocycles. The van der Waals surface area contributed by atoms with Crippen molar-refractivity contribution in [2.45, 2.75) is 26.8 Å². The molecule has 1 aliphatic rings. The van der Waals surface area contributed by atoms with Crippen LogP contribution in [0.2, 0.25) is 0 Å². The number of nitrogens with one attached hydrogen (secondary N) is 1. The van der Waals surface area contributed by atoms with Crippen LogP contribution in [0, 0.1) is 6.92 Å². The zero-order valence-electron chi connectivity index (χ0n) is 16.9. The summed E-state index contributed by atoms with van der Waals surface area (Å²) in [5.41, 5.74) is 7.94. The molecule has 1 N–H and O–H groups in total. The van der Waals surface area contributed by atoms with Crippen molar-refractivity contribution in [2.24, 2.45) is 0 Å². The minimum absolute atomic E-state index is 0.168. The number of hydrogen-bond acceptors (Lipinski definition) is 3. The first-order valence-corrected chi connectivity index (χ1v) is 9.65. The molecule has 0 saturated carbocycles. The van der Waals surface area contributed by atoms with E-state index in [1.54, 1.807) is 19.3 Å². The van der Waals surface area contributed by atoms with Gasteiger partial charge in [0.05, 0.1) is 5.52 Å². The Balaban J connectivity index is 1.79. The fourth-order valence-electron chi connectivity index (χ4n) is 3.95. The van der Waals surface area contributed by atoms with Crippen LogP contribution >= 0.6 is 0 Å². The lowest BCUT2D eigenvalue weighted by Crippen LogP contribution is -2.26. The standard InChI is InChI=1S/C23H26N4O/c1-15-5-8-21-18(11-15)19-14-26(4)10-9-22(19)27(21)13-16(2)17-6-7-20(25-12-17)23(28)24-3/h5-8,11-13H,9-10,14H2,1-4H3,(H,24,28)/b16-13+. The quantitative estimate of drug-likeness (QED) is 0.760. The first-order chi connectivity index (χ1) is 13.5. The van der Waals surface area contributed by atoms with Gasteiger partial charge in [-0.15, -0.1) is 0 Å². The van der Waals surface area contributed by atoms with Gasteiger partial charge < -0.3 is 14.8 Å². The fraction of sp³-hybridized carbons (Fsp3) is 0.304. The van der Waals surface area contributed by atoms with Gasteiger partial charge in [-0.1, -0.05) is 17.7 Å². The molecule has 0 saturated heterocycles. The summed E-state index contributed by atoms with van der Waals surface area (Å²) in [6.07, 6.45) is 5.02. The van der Waals surface area contributed by atoms with Gasteiger partial charge in [-0.25, -0.2) is 0 Å². The summed E-state index contributed by atoms with van der Waals surface area (Å²) in [7, 11) is 3.80. The fourth-order valence-corrected chi connectivity index (χ4v) is 3.95. The van der Waals surface area contributed by atoms with Crippen molar-refractivity contribution in [3.8, 4) is 0 Å². The normalized spacial score (nSPS) is 14.9. The molecule has 3 aromatic rings. The van der Waals surface area contributed by atoms with Crippen molar-refractivity contribution < 1.29 is 4.79 Å². The molecular weight excluding hydrogens is 348 g/mol. The summed E-state index contributed by atoms with van der Waals surface area (Å²) in [6, 6.07) is 10.4. The van der Waals surface area contributed by atoms with Crippen LogP contribution in [-0.4, -0.2) is 41.0 Å². The maximum Gasteiger partial charge on any atom is 0.269 e. The van der Waals surface area contributed by atoms with E-state index in [-0.39, 0.29) is 5.91 Å². The number of pyridine rings is 1. The van der Waals surface area contributed by atoms with Crippen LogP contribution in [0.3, 0.4) is 0 Å². The molecule has 0 atom stereocenters. The highest BCUT2D eigenvalue weighted by molar-refractivity contribution is 5.93. The van der Waals surface area contributed by atoms with E-state index in [9.17, 15) is 4.79 Å². The van der Waals surface area contributed by atoms with Crippen LogP contribution < -0.4 is 5.32 Å². The van der Waals surface area contributed by atoms with Crippen molar-refractivity contribution in [1.29, 1.82) is 0 Å². The van der Waals surface area contributed by atoms with Crippen LogP contribution in [0.15, 0.2) is 36.5 Å². The molecule has 4 rings (SSSR count). The van der Waals surface area contributed by atoms with Gasteiger partial charge in [-0.3, -0.25) is 9.78 Å². The van der Waals surface area contributed by atoms with Crippen molar-refractivity contribution in [3.05, 3.63) is 64.6 Å². The van der Waals surface area contributed by atoms with E-state index in [1.807, 2.05) is 6.07 Å². The SMILES string of the molecule is CNC(=O)c1ccc(/C(C)=C/n2c3c(c4cc(C)ccc42)CN(C)CC3)cn1. The van der Waals surface area contributed by atoms with Crippen molar-refractivity contribution in [3.63, 3.8) is 0 Å². The smallest absolute Gasteiger partial charge is 0.269 e. The summed E-state index contributed by atoms with van der Waals surface area (Å²) >= 11 is 0. The number of aryl methyl sites for hydroxylation is 1. The Labute approximate surface area is 165 Å². The highest BCUT2D eigenvalue weighted by Gasteiger charge is 2.21. The predicted octanol–water partition coefficient (Wildman–Crippen LogP) is 3.71. The van der Waals surface area contributed by atoms with Gasteiger partial charge in [0.1, 0.15) is 5.69 Å². The zero-order chi connectivity index (χ0) is 19.8. The van der Waals surface area contributed by atoms with Crippen LogP contribution in [0.5, 0.6) is 0 Å². The summed E-state index contributed by atoms with van der Waals surface area (Å²) in [5.74, 6) is -0.168. The number of rotatable bonds is 3. The molecule has 1 aliphatic heterocycles. The van der Waals surface area contributed by atoms with Crippen LogP contribution in [-0.2, 0) is 13.0 Å². The molecule has 0 fully saturated rings. The molecule has 144 valence electrons. The maximum atomic E-state index is 11.7. The number of aromatic nitrogens is 2. The number of amides is 1. The molecule has 1 amide bonds. The van der Waals surface area contributed by atoms with Gasteiger partial charge in [0.25, 0.3) is 5.91 Å². The largest absolute Gasteiger partial charge is 0.354 e. The number of hydrogen-bond donors (Lipinski definition) is 1. The summed E-state index contributed by atoms with van der Waals surface area (Å²) < 4.78 is 2.35. The van der Waals surface area contributed by atoms with Gasteiger partial charge in [0.15, 0.2) is 0 Å². The first-order valence-electron chi connectivity index (χ1n) is 9.65. The van der Waals surface area contributed by atoms with Crippen molar-refractivity contribution in [2.75, 3.05) is 20.6 Å². The molecular formula is C23H26N4O. The van der Waals surface area contributed by atoms with Crippen LogP contribution in [0.1, 0.15) is 39.8 Å². The Kier molecular flexibility index (Phi) is 4.77. The number of likely N-dealkylation sites (N-methyl/N-ethyl adjacent to an activating group) is 1. The second kappa shape index (κ2) is 7.24. The van der Waals surface area contributed by atoms with Gasteiger partial charge in [0.2, 0.25) is 0 Å². The van der Waals surface area contributed by atoms with E-state index < -0.39 is 0 Å². The minimum atomic E-state index is -0.168. The molecule has 0 radical (unpaired) electrons. The first kappa shape index (κ1) is 18.4. The number of carbonyl (C=O) groups is 1. The minimum Gasteiger partial charge on any atom is -0.354 e. The zero-order valence-corrected chi connectivity index (χ0v) is 16.9. The van der Waals surface area contributed by atoms with E-state index in [1.165, 1.54) is 27.7 Å². The lowest BCUT2D eigenvalue weighted by Gasteiger charge is -2.23. The number of nitrogens with zero attached hydrogens (tertiary/aromatic N) is 3. The van der Waals surface area contributed by atoms with Gasteiger partial charge in [-0.2, -0.15) is 0 Å². The van der Waals surface area contributed by atoms with Crippen LogP contribution in [0.25, 0.3) is 22.7 Å². The van der Waals surface area contributed by atoms with Gasteiger partial charge in [-0.05, 0) is 55.8 Å². The van der Waals surface area contributed by atoms with Gasteiger partial charge in [0, 0.05) is 50.0 Å². The molecule has 5 heteroatoms. The maximum absolute atomic E-state index is 11.7. The Bertz CT molecular complexity index is 1080. The average Bonchev–Trinajstić information content (AvgIpc) is 2.99. The van der Waals surface area contributed by atoms with Gasteiger partial charge >= 0.3 is 0 Å². The lowest BCUT2D eigenvalue weighted by molar-refractivity contribution is 0.0958. The Hall–Kier alpha value is -2.92. The molecule has 3 heterocycles. The Morgan fingerprint density at radius 3 is 2.79 bits per heavy atom. The Morgan fingerprint density at radius 1 is 1.25 bits per heavy atom. The summed E-state index contributed by atoms with van der Waals surface area (Å²) in [6.45, 7) is 6.30. The van der Waals surface area contributed by atoms with E-state index in [0.29, 0.717) is 5.69 Å². The monoisotopic (exact) mass is 374 g/mol. The van der Waals surface area contributed by atoms with Crippen molar-refractivity contribution in [1.82, 2.24) is 19.8 Å². The highest BCUT2D eigenvalue weighted by atomic mass is 16.1. The molecule has 0 aliphatic carbocycles. The number of allylic oxidation sites excluding steroid dienone is 1. The van der Waals surface area contributed by atoms with Crippen molar-refractivity contribution >= 4 is 28.6 Å². The third-order valence-corrected chi connectivity index (χ3v) is 5.54. The predicted molar refractivity (Wildman–Crippen MR) is 114 cm³/mol. The third kappa shape index (κ3) is 3.22. The molecule has 28 heavy (non-hydrogen) atoms. The summed E-state index contributed by atoms with van der Waals surface area (Å²) in [5, 5.41) is 3.95. The number of carbonyl (C=O) groups excluding carboxylic acids is 1. The molecule has 5 nitrogen and oxygen atoms in total. The molecule has 0 bridgehead atoms. The van der Waals surface area contributed by atoms with Crippen LogP contribution in [0.4, 0.5) is 0 Å². The number of benzene rings is 1. The second-order valence-corrected chi connectivity index (χ2v) is 7.63. The highest BCUT2D eigenvalue weighted by Crippen LogP contribution is 2.32. The van der Waals surface area contributed by atoms with E-state index >= 15 is 0 Å². The second-order valence-electron chi connectivity index (χ2n) is 7.63. The number of fused-ring (bicyclic) bond motifs is 3. The Morgan fingerprint density at radius 2 is 2.07 bits per heavy atom. The molecule has 1 aromatic carbocycles. The van der Waals surface area contributed by atoms with E-state index in [4.69, 9.17) is 0 Å². The average molecular weight is 374 g/mol. The molecule has 0 spiro atoms. The third-order valence-electron chi connectivity index (χ3n) is 5.54. The summed E-state index contributed by atoms with van der Waals surface area (Å²) in [4.78, 5) is 18.4. The topological polar surface area (TPSA) is 50.2 Å².